The zero-order valence-electron chi connectivity index (χ0n) is 36.2. The van der Waals surface area contributed by atoms with E-state index in [9.17, 15) is 171 Å². The van der Waals surface area contributed by atoms with E-state index in [4.69, 9.17) is 0 Å². The van der Waals surface area contributed by atoms with Gasteiger partial charge in [-0.05, 0) is 40.5 Å². The highest BCUT2D eigenvalue weighted by atomic mass is 31.1. The van der Waals surface area contributed by atoms with Crippen molar-refractivity contribution >= 4 is 23.8 Å². The summed E-state index contributed by atoms with van der Waals surface area (Å²) in [6.07, 6.45) is -82.3. The molecule has 0 aliphatic rings. The Hall–Kier alpha value is -4.64. The Morgan fingerprint density at radius 1 is 0.190 bits per heavy atom. The van der Waals surface area contributed by atoms with Crippen LogP contribution in [-0.2, 0) is 19.3 Å². The van der Waals surface area contributed by atoms with Crippen molar-refractivity contribution in [3.63, 3.8) is 0 Å². The van der Waals surface area contributed by atoms with Crippen LogP contribution < -0.4 is 15.9 Å². The Labute approximate surface area is 411 Å². The molecular formula is C39H18F39P. The number of alkyl halides is 39. The summed E-state index contributed by atoms with van der Waals surface area (Å²) in [5.41, 5.74) is -28.6. The largest absolute Gasteiger partial charge is 0.459 e. The van der Waals surface area contributed by atoms with Gasteiger partial charge in [-0.3, -0.25) is 0 Å². The third kappa shape index (κ3) is 10.6. The quantitative estimate of drug-likeness (QED) is 0.105. The summed E-state index contributed by atoms with van der Waals surface area (Å²) in [6, 6.07) is -2.13. The molecule has 0 radical (unpaired) electrons. The van der Waals surface area contributed by atoms with Crippen LogP contribution in [0.2, 0.25) is 0 Å². The predicted octanol–water partition coefficient (Wildman–Crippen LogP) is 16.9. The number of benzene rings is 3. The van der Waals surface area contributed by atoms with Gasteiger partial charge in [0.25, 0.3) is 0 Å². The number of halogens is 39. The molecular weight excluding hydrogens is 1240 g/mol. The topological polar surface area (TPSA) is 0 Å². The van der Waals surface area contributed by atoms with Crippen LogP contribution in [0.4, 0.5) is 171 Å². The van der Waals surface area contributed by atoms with E-state index in [1.165, 1.54) is 0 Å². The molecule has 452 valence electrons. The van der Waals surface area contributed by atoms with Gasteiger partial charge in [0.15, 0.2) is 0 Å². The van der Waals surface area contributed by atoms with Gasteiger partial charge in [0.05, 0.1) is 0 Å². The van der Waals surface area contributed by atoms with Crippen molar-refractivity contribution < 1.29 is 171 Å². The molecule has 0 fully saturated rings. The van der Waals surface area contributed by atoms with Gasteiger partial charge < -0.3 is 0 Å². The minimum Gasteiger partial charge on any atom is -0.198 e. The molecule has 0 aliphatic carbocycles. The standard InChI is InChI=1S/C39H18F39P/c40-25(41,28(46,47)37(70,71)72)22(31(52,53)54,32(55,56)57)13-16-1-7-19(8-2-16)79(20-9-3-17(4-10-20)14-23(33(58,59)60,34(61,62)63)26(42,43)29(48,49)38(73,74)75)21-11-5-18(6-12-21)15-24(35(64,65)66,36(67,68)69)27(44,45)30(50,51)39(76,77)78/h1-12H,13-15H2. The summed E-state index contributed by atoms with van der Waals surface area (Å²) in [5, 5.41) is -3.20. The second kappa shape index (κ2) is 19.8. The minimum atomic E-state index is -8.30. The Kier molecular flexibility index (Phi) is 17.2. The lowest BCUT2D eigenvalue weighted by atomic mass is 9.71. The molecule has 79 heavy (non-hydrogen) atoms. The van der Waals surface area contributed by atoms with Crippen molar-refractivity contribution in [1.29, 1.82) is 0 Å². The van der Waals surface area contributed by atoms with Crippen molar-refractivity contribution in [2.24, 2.45) is 16.2 Å². The van der Waals surface area contributed by atoms with E-state index < -0.39 is 167 Å². The zero-order valence-corrected chi connectivity index (χ0v) is 37.1. The lowest BCUT2D eigenvalue weighted by Crippen LogP contribution is -2.71. The molecule has 0 nitrogen and oxygen atoms in total. The predicted molar refractivity (Wildman–Crippen MR) is 188 cm³/mol. The van der Waals surface area contributed by atoms with E-state index in [0.29, 0.717) is 0 Å². The Bertz CT molecular complexity index is 2230. The van der Waals surface area contributed by atoms with Gasteiger partial charge in [-0.15, -0.1) is 0 Å². The number of hydrogen-bond donors (Lipinski definition) is 0. The molecule has 0 heterocycles. The molecule has 3 aromatic carbocycles. The van der Waals surface area contributed by atoms with E-state index in [0.717, 1.165) is 0 Å². The van der Waals surface area contributed by atoms with Gasteiger partial charge in [-0.1, -0.05) is 72.8 Å². The molecule has 0 N–H and O–H groups in total. The summed E-state index contributed by atoms with van der Waals surface area (Å²) >= 11 is 0. The summed E-state index contributed by atoms with van der Waals surface area (Å²) < 4.78 is 543. The second-order valence-corrected chi connectivity index (χ2v) is 18.7. The van der Waals surface area contributed by atoms with Crippen molar-refractivity contribution in [1.82, 2.24) is 0 Å². The molecule has 0 saturated heterocycles. The first-order valence-corrected chi connectivity index (χ1v) is 20.7. The molecule has 40 heteroatoms. The highest BCUT2D eigenvalue weighted by molar-refractivity contribution is 7.79. The lowest BCUT2D eigenvalue weighted by Gasteiger charge is -2.45. The van der Waals surface area contributed by atoms with Crippen LogP contribution in [0.1, 0.15) is 16.7 Å². The van der Waals surface area contributed by atoms with E-state index >= 15 is 0 Å². The Balaban J connectivity index is 2.50. The SMILES string of the molecule is FC(F)(F)C(F)(F)C(F)(F)C(Cc1ccc(P(c2ccc(CC(C(F)(F)F)(C(F)(F)F)C(F)(F)C(F)(F)C(F)(F)F)cc2)c2ccc(CC(C(F)(F)F)(C(F)(F)F)C(F)(F)C(F)(F)C(F)(F)F)cc2)cc1)(C(F)(F)F)C(F)(F)F. The van der Waals surface area contributed by atoms with Crippen molar-refractivity contribution in [2.75, 3.05) is 0 Å². The first kappa shape index (κ1) is 68.6. The molecule has 0 unspecified atom stereocenters. The van der Waals surface area contributed by atoms with E-state index in [2.05, 4.69) is 0 Å². The minimum absolute atomic E-state index is 0.0311. The Morgan fingerprint density at radius 2 is 0.329 bits per heavy atom. The molecule has 0 saturated carbocycles. The molecule has 0 amide bonds. The maximum Gasteiger partial charge on any atom is 0.459 e. The third-order valence-electron chi connectivity index (χ3n) is 11.8. The highest BCUT2D eigenvalue weighted by Crippen LogP contribution is 2.70. The highest BCUT2D eigenvalue weighted by Gasteiger charge is 2.94. The first-order chi connectivity index (χ1) is 34.4. The van der Waals surface area contributed by atoms with Gasteiger partial charge in [-0.2, -0.15) is 171 Å². The van der Waals surface area contributed by atoms with Crippen LogP contribution in [0.5, 0.6) is 0 Å². The zero-order chi connectivity index (χ0) is 62.6. The lowest BCUT2D eigenvalue weighted by molar-refractivity contribution is -0.460. The third-order valence-corrected chi connectivity index (χ3v) is 14.2. The van der Waals surface area contributed by atoms with Gasteiger partial charge in [0.2, 0.25) is 16.2 Å². The van der Waals surface area contributed by atoms with Crippen LogP contribution in [0.3, 0.4) is 0 Å². The molecule has 0 aromatic heterocycles. The molecule has 0 aliphatic heterocycles. The van der Waals surface area contributed by atoms with E-state index in [1.54, 1.807) is 0 Å². The van der Waals surface area contributed by atoms with Crippen LogP contribution in [0.15, 0.2) is 72.8 Å². The maximum absolute atomic E-state index is 14.8. The fraction of sp³-hybridized carbons (Fsp3) is 0.538. The maximum atomic E-state index is 14.8. The monoisotopic (exact) mass is 1260 g/mol. The van der Waals surface area contributed by atoms with E-state index in [1.807, 2.05) is 0 Å². The summed E-state index contributed by atoms with van der Waals surface area (Å²) in [6.45, 7) is 0. The molecule has 3 aromatic rings. The van der Waals surface area contributed by atoms with Crippen molar-refractivity contribution in [3.8, 4) is 0 Å². The van der Waals surface area contributed by atoms with Gasteiger partial charge in [0.1, 0.15) is 0 Å². The second-order valence-electron chi connectivity index (χ2n) is 16.5. The van der Waals surface area contributed by atoms with Gasteiger partial charge in [0, 0.05) is 19.3 Å². The molecule has 0 spiro atoms. The average molecular weight is 1260 g/mol. The van der Waals surface area contributed by atoms with Crippen LogP contribution in [-0.4, -0.2) is 91.1 Å². The fourth-order valence-corrected chi connectivity index (χ4v) is 9.71. The molecule has 0 bridgehead atoms. The first-order valence-electron chi connectivity index (χ1n) is 19.4. The smallest absolute Gasteiger partial charge is 0.198 e. The summed E-state index contributed by atoms with van der Waals surface area (Å²) in [4.78, 5) is 0. The van der Waals surface area contributed by atoms with Crippen LogP contribution in [0.25, 0.3) is 0 Å². The normalized spacial score (nSPS) is 15.8. The summed E-state index contributed by atoms with van der Waals surface area (Å²) in [5.74, 6) is -49.6. The van der Waals surface area contributed by atoms with Gasteiger partial charge in [-0.25, -0.2) is 0 Å². The van der Waals surface area contributed by atoms with Crippen molar-refractivity contribution in [2.45, 2.75) is 110 Å². The number of hydrogen-bond acceptors (Lipinski definition) is 0. The number of rotatable bonds is 15. The van der Waals surface area contributed by atoms with E-state index in [-0.39, 0.29) is 72.8 Å². The Morgan fingerprint density at radius 3 is 0.443 bits per heavy atom. The average Bonchev–Trinajstić information content (AvgIpc) is 3.21. The molecule has 0 atom stereocenters. The summed E-state index contributed by atoms with van der Waals surface area (Å²) in [7, 11) is -3.47. The fourth-order valence-electron chi connectivity index (χ4n) is 7.48. The van der Waals surface area contributed by atoms with Gasteiger partial charge >= 0.3 is 91.1 Å². The van der Waals surface area contributed by atoms with Crippen LogP contribution in [0, 0.1) is 16.2 Å². The van der Waals surface area contributed by atoms with Crippen LogP contribution >= 0.6 is 7.92 Å². The van der Waals surface area contributed by atoms with Crippen molar-refractivity contribution in [3.05, 3.63) is 89.5 Å². The molecule has 3 rings (SSSR count).